The molecule has 1 aromatic rings. The Bertz CT molecular complexity index is 281. The van der Waals surface area contributed by atoms with Crippen molar-refractivity contribution in [3.63, 3.8) is 0 Å². The summed E-state index contributed by atoms with van der Waals surface area (Å²) in [6.45, 7) is 4.62. The Kier molecular flexibility index (Phi) is 6.39. The van der Waals surface area contributed by atoms with Gasteiger partial charge in [0.15, 0.2) is 0 Å². The average Bonchev–Trinajstić information content (AvgIpc) is 2.29. The van der Waals surface area contributed by atoms with E-state index in [1.54, 1.807) is 0 Å². The first kappa shape index (κ1) is 13.4. The Labute approximate surface area is 104 Å². The van der Waals surface area contributed by atoms with Gasteiger partial charge < -0.3 is 5.73 Å². The lowest BCUT2D eigenvalue weighted by Crippen LogP contribution is -1.96. The van der Waals surface area contributed by atoms with Gasteiger partial charge in [0.2, 0.25) is 0 Å². The number of hydrogen-bond acceptors (Lipinski definition) is 2. The number of rotatable bonds is 7. The Morgan fingerprint density at radius 3 is 2.50 bits per heavy atom. The van der Waals surface area contributed by atoms with Crippen LogP contribution in [0, 0.1) is 5.92 Å². The van der Waals surface area contributed by atoms with Gasteiger partial charge >= 0.3 is 0 Å². The van der Waals surface area contributed by atoms with Crippen LogP contribution in [0.25, 0.3) is 0 Å². The third kappa shape index (κ3) is 5.45. The van der Waals surface area contributed by atoms with Gasteiger partial charge in [0.25, 0.3) is 0 Å². The summed E-state index contributed by atoms with van der Waals surface area (Å²) in [5.41, 5.74) is 6.50. The molecule has 0 bridgehead atoms. The third-order valence-electron chi connectivity index (χ3n) is 2.81. The summed E-state index contributed by atoms with van der Waals surface area (Å²) in [6.07, 6.45) is 5.37. The van der Waals surface area contributed by atoms with E-state index in [4.69, 9.17) is 5.73 Å². The molecule has 0 aliphatic carbocycles. The maximum atomic E-state index is 5.65. The van der Waals surface area contributed by atoms with Crippen LogP contribution in [-0.2, 0) is 0 Å². The highest BCUT2D eigenvalue weighted by Gasteiger charge is 2.01. The van der Waals surface area contributed by atoms with E-state index < -0.39 is 0 Å². The molecule has 0 aromatic heterocycles. The van der Waals surface area contributed by atoms with E-state index in [1.807, 2.05) is 23.9 Å². The minimum absolute atomic E-state index is 0.848. The first-order valence-electron chi connectivity index (χ1n) is 6.20. The molecule has 1 rings (SSSR count). The van der Waals surface area contributed by atoms with E-state index in [9.17, 15) is 0 Å². The highest BCUT2D eigenvalue weighted by Crippen LogP contribution is 2.22. The van der Waals surface area contributed by atoms with Gasteiger partial charge in [-0.3, -0.25) is 0 Å². The van der Waals surface area contributed by atoms with Gasteiger partial charge in [-0.25, -0.2) is 0 Å². The molecule has 0 spiro atoms. The van der Waals surface area contributed by atoms with Crippen LogP contribution in [0.5, 0.6) is 0 Å². The second-order valence-electron chi connectivity index (χ2n) is 4.45. The lowest BCUT2D eigenvalue weighted by Gasteiger charge is -2.10. The van der Waals surface area contributed by atoms with Crippen LogP contribution in [0.1, 0.15) is 39.5 Å². The normalized spacial score (nSPS) is 12.6. The standard InChI is InChI=1S/C14H23NS/c1-3-4-5-12(2)10-11-16-14-8-6-13(15)7-9-14/h6-9,12H,3-5,10-11,15H2,1-2H3/t12-/m0/s1. The summed E-state index contributed by atoms with van der Waals surface area (Å²) >= 11 is 1.94. The van der Waals surface area contributed by atoms with E-state index in [-0.39, 0.29) is 0 Å². The number of benzene rings is 1. The summed E-state index contributed by atoms with van der Waals surface area (Å²) in [7, 11) is 0. The van der Waals surface area contributed by atoms with E-state index in [0.717, 1.165) is 11.6 Å². The molecule has 1 aromatic carbocycles. The molecule has 0 heterocycles. The fourth-order valence-electron chi connectivity index (χ4n) is 1.64. The van der Waals surface area contributed by atoms with Gasteiger partial charge in [0.05, 0.1) is 0 Å². The number of unbranched alkanes of at least 4 members (excludes halogenated alkanes) is 1. The van der Waals surface area contributed by atoms with Crippen molar-refractivity contribution >= 4 is 17.4 Å². The SMILES string of the molecule is CCCC[C@H](C)CCSc1ccc(N)cc1. The molecule has 0 amide bonds. The highest BCUT2D eigenvalue weighted by atomic mass is 32.2. The van der Waals surface area contributed by atoms with Crippen LogP contribution in [0.2, 0.25) is 0 Å². The van der Waals surface area contributed by atoms with Crippen molar-refractivity contribution in [2.45, 2.75) is 44.4 Å². The van der Waals surface area contributed by atoms with Gasteiger partial charge in [-0.2, -0.15) is 0 Å². The fourth-order valence-corrected chi connectivity index (χ4v) is 2.72. The molecule has 0 radical (unpaired) electrons. The zero-order valence-corrected chi connectivity index (χ0v) is 11.2. The first-order valence-corrected chi connectivity index (χ1v) is 7.19. The average molecular weight is 237 g/mol. The Balaban J connectivity index is 2.17. The minimum atomic E-state index is 0.848. The van der Waals surface area contributed by atoms with Gasteiger partial charge in [-0.05, 0) is 42.4 Å². The lowest BCUT2D eigenvalue weighted by molar-refractivity contribution is 0.495. The largest absolute Gasteiger partial charge is 0.399 e. The quantitative estimate of drug-likeness (QED) is 0.555. The fraction of sp³-hybridized carbons (Fsp3) is 0.571. The highest BCUT2D eigenvalue weighted by molar-refractivity contribution is 7.99. The van der Waals surface area contributed by atoms with Gasteiger partial charge in [-0.1, -0.05) is 33.1 Å². The molecule has 0 fully saturated rings. The predicted octanol–water partition coefficient (Wildman–Crippen LogP) is 4.58. The topological polar surface area (TPSA) is 26.0 Å². The monoisotopic (exact) mass is 237 g/mol. The van der Waals surface area contributed by atoms with Crippen molar-refractivity contribution < 1.29 is 0 Å². The number of nitrogen functional groups attached to an aromatic ring is 1. The summed E-state index contributed by atoms with van der Waals surface area (Å²) in [5.74, 6) is 2.08. The molecular formula is C14H23NS. The molecular weight excluding hydrogens is 214 g/mol. The first-order chi connectivity index (χ1) is 7.72. The number of hydrogen-bond donors (Lipinski definition) is 1. The van der Waals surface area contributed by atoms with E-state index in [0.29, 0.717) is 0 Å². The van der Waals surface area contributed by atoms with Crippen molar-refractivity contribution in [2.24, 2.45) is 5.92 Å². The van der Waals surface area contributed by atoms with Crippen LogP contribution in [0.15, 0.2) is 29.2 Å². The van der Waals surface area contributed by atoms with Crippen LogP contribution in [0.3, 0.4) is 0 Å². The molecule has 1 atom stereocenters. The predicted molar refractivity (Wildman–Crippen MR) is 74.9 cm³/mol. The van der Waals surface area contributed by atoms with Crippen LogP contribution in [-0.4, -0.2) is 5.75 Å². The summed E-state index contributed by atoms with van der Waals surface area (Å²) in [6, 6.07) is 8.17. The molecule has 0 aliphatic heterocycles. The van der Waals surface area contributed by atoms with Crippen molar-refractivity contribution in [3.05, 3.63) is 24.3 Å². The van der Waals surface area contributed by atoms with E-state index >= 15 is 0 Å². The zero-order valence-electron chi connectivity index (χ0n) is 10.4. The van der Waals surface area contributed by atoms with Crippen LogP contribution in [0.4, 0.5) is 5.69 Å². The summed E-state index contributed by atoms with van der Waals surface area (Å²) in [4.78, 5) is 1.33. The summed E-state index contributed by atoms with van der Waals surface area (Å²) < 4.78 is 0. The molecule has 0 saturated carbocycles. The molecule has 1 nitrogen and oxygen atoms in total. The molecule has 2 heteroatoms. The third-order valence-corrected chi connectivity index (χ3v) is 3.86. The molecule has 0 saturated heterocycles. The number of anilines is 1. The molecule has 16 heavy (non-hydrogen) atoms. The Hall–Kier alpha value is -0.630. The zero-order chi connectivity index (χ0) is 11.8. The summed E-state index contributed by atoms with van der Waals surface area (Å²) in [5, 5.41) is 0. The molecule has 0 unspecified atom stereocenters. The maximum absolute atomic E-state index is 5.65. The van der Waals surface area contributed by atoms with Crippen LogP contribution < -0.4 is 5.73 Å². The number of thioether (sulfide) groups is 1. The Morgan fingerprint density at radius 2 is 1.88 bits per heavy atom. The van der Waals surface area contributed by atoms with Crippen molar-refractivity contribution in [2.75, 3.05) is 11.5 Å². The van der Waals surface area contributed by atoms with Crippen molar-refractivity contribution in [3.8, 4) is 0 Å². The second-order valence-corrected chi connectivity index (χ2v) is 5.62. The molecule has 90 valence electrons. The smallest absolute Gasteiger partial charge is 0.0314 e. The van der Waals surface area contributed by atoms with Gasteiger partial charge in [0.1, 0.15) is 0 Å². The van der Waals surface area contributed by atoms with E-state index in [1.165, 1.54) is 36.3 Å². The van der Waals surface area contributed by atoms with Gasteiger partial charge in [0, 0.05) is 10.6 Å². The van der Waals surface area contributed by atoms with Crippen LogP contribution >= 0.6 is 11.8 Å². The van der Waals surface area contributed by atoms with E-state index in [2.05, 4.69) is 26.0 Å². The lowest BCUT2D eigenvalue weighted by atomic mass is 10.0. The second kappa shape index (κ2) is 7.61. The maximum Gasteiger partial charge on any atom is 0.0314 e. The van der Waals surface area contributed by atoms with Gasteiger partial charge in [-0.15, -0.1) is 11.8 Å². The van der Waals surface area contributed by atoms with Crippen molar-refractivity contribution in [1.29, 1.82) is 0 Å². The molecule has 0 aliphatic rings. The molecule has 2 N–H and O–H groups in total. The van der Waals surface area contributed by atoms with Crippen molar-refractivity contribution in [1.82, 2.24) is 0 Å². The minimum Gasteiger partial charge on any atom is -0.399 e. The Morgan fingerprint density at radius 1 is 1.19 bits per heavy atom. The number of nitrogens with two attached hydrogens (primary N) is 1.